The van der Waals surface area contributed by atoms with Gasteiger partial charge in [0.15, 0.2) is 0 Å². The summed E-state index contributed by atoms with van der Waals surface area (Å²) in [6.45, 7) is 5.05. The lowest BCUT2D eigenvalue weighted by Crippen LogP contribution is -2.48. The average molecular weight is 326 g/mol. The van der Waals surface area contributed by atoms with E-state index < -0.39 is 17.9 Å². The van der Waals surface area contributed by atoms with E-state index in [4.69, 9.17) is 11.6 Å². The predicted molar refractivity (Wildman–Crippen MR) is 84.7 cm³/mol. The number of benzene rings is 1. The molecule has 22 heavy (non-hydrogen) atoms. The Morgan fingerprint density at radius 2 is 1.73 bits per heavy atom. The molecule has 120 valence electrons. The van der Waals surface area contributed by atoms with Gasteiger partial charge < -0.3 is 16.0 Å². The van der Waals surface area contributed by atoms with E-state index in [9.17, 15) is 14.4 Å². The molecule has 1 aromatic carbocycles. The fourth-order valence-corrected chi connectivity index (χ4v) is 1.90. The molecule has 1 unspecified atom stereocenters. The summed E-state index contributed by atoms with van der Waals surface area (Å²) in [5.41, 5.74) is 0.293. The van der Waals surface area contributed by atoms with Crippen molar-refractivity contribution in [2.45, 2.75) is 32.9 Å². The summed E-state index contributed by atoms with van der Waals surface area (Å²) in [5.74, 6) is -1.17. The van der Waals surface area contributed by atoms with E-state index in [-0.39, 0.29) is 18.5 Å². The Labute approximate surface area is 134 Å². The molecule has 0 aliphatic rings. The Kier molecular flexibility index (Phi) is 6.85. The molecule has 1 rings (SSSR count). The van der Waals surface area contributed by atoms with Crippen molar-refractivity contribution >= 4 is 29.3 Å². The highest BCUT2D eigenvalue weighted by atomic mass is 35.5. The predicted octanol–water partition coefficient (Wildman–Crippen LogP) is 1.10. The molecule has 0 saturated carbocycles. The Bertz CT molecular complexity index is 561. The van der Waals surface area contributed by atoms with Crippen LogP contribution in [0.1, 0.15) is 31.1 Å². The lowest BCUT2D eigenvalue weighted by molar-refractivity contribution is -0.127. The number of carbonyl (C=O) groups excluding carboxylic acids is 3. The molecule has 0 bridgehead atoms. The maximum Gasteiger partial charge on any atom is 0.253 e. The summed E-state index contributed by atoms with van der Waals surface area (Å²) < 4.78 is 0. The van der Waals surface area contributed by atoms with Gasteiger partial charge in [0.05, 0.1) is 17.1 Å². The number of rotatable bonds is 6. The molecule has 7 heteroatoms. The molecule has 1 aromatic rings. The van der Waals surface area contributed by atoms with Crippen molar-refractivity contribution in [3.63, 3.8) is 0 Å². The third-order valence-electron chi connectivity index (χ3n) is 2.73. The molecule has 0 aliphatic heterocycles. The zero-order valence-corrected chi connectivity index (χ0v) is 13.5. The molecule has 0 heterocycles. The second-order valence-corrected chi connectivity index (χ2v) is 5.52. The van der Waals surface area contributed by atoms with E-state index in [1.165, 1.54) is 6.92 Å². The van der Waals surface area contributed by atoms with Gasteiger partial charge in [-0.2, -0.15) is 0 Å². The first-order valence-electron chi connectivity index (χ1n) is 6.93. The van der Waals surface area contributed by atoms with Crippen molar-refractivity contribution in [1.29, 1.82) is 0 Å². The molecule has 6 nitrogen and oxygen atoms in total. The number of hydrogen-bond acceptors (Lipinski definition) is 3. The summed E-state index contributed by atoms with van der Waals surface area (Å²) in [6, 6.07) is 5.78. The van der Waals surface area contributed by atoms with Crippen molar-refractivity contribution in [1.82, 2.24) is 16.0 Å². The lowest BCUT2D eigenvalue weighted by atomic mass is 10.2. The zero-order chi connectivity index (χ0) is 16.7. The van der Waals surface area contributed by atoms with Crippen LogP contribution in [0.4, 0.5) is 0 Å². The molecule has 1 atom stereocenters. The van der Waals surface area contributed by atoms with Gasteiger partial charge >= 0.3 is 0 Å². The van der Waals surface area contributed by atoms with Gasteiger partial charge in [0.1, 0.15) is 6.04 Å². The maximum atomic E-state index is 12.0. The minimum atomic E-state index is -0.782. The van der Waals surface area contributed by atoms with Crippen LogP contribution in [0.2, 0.25) is 5.02 Å². The van der Waals surface area contributed by atoms with E-state index in [0.29, 0.717) is 10.6 Å². The molecular formula is C15H20ClN3O3. The third kappa shape index (κ3) is 5.73. The summed E-state index contributed by atoms with van der Waals surface area (Å²) in [6.07, 6.45) is 0. The van der Waals surface area contributed by atoms with Gasteiger partial charge in [-0.25, -0.2) is 0 Å². The third-order valence-corrected chi connectivity index (χ3v) is 3.06. The highest BCUT2D eigenvalue weighted by molar-refractivity contribution is 6.33. The van der Waals surface area contributed by atoms with E-state index in [2.05, 4.69) is 16.0 Å². The van der Waals surface area contributed by atoms with Crippen LogP contribution in [0.5, 0.6) is 0 Å². The van der Waals surface area contributed by atoms with Crippen molar-refractivity contribution in [3.8, 4) is 0 Å². The largest absolute Gasteiger partial charge is 0.352 e. The Morgan fingerprint density at radius 3 is 2.32 bits per heavy atom. The van der Waals surface area contributed by atoms with Crippen LogP contribution in [0, 0.1) is 0 Å². The Balaban J connectivity index is 2.49. The van der Waals surface area contributed by atoms with Crippen LogP contribution in [-0.2, 0) is 9.59 Å². The zero-order valence-electron chi connectivity index (χ0n) is 12.8. The minimum Gasteiger partial charge on any atom is -0.352 e. The first kappa shape index (κ1) is 18.0. The van der Waals surface area contributed by atoms with Crippen LogP contribution >= 0.6 is 11.6 Å². The van der Waals surface area contributed by atoms with Crippen molar-refractivity contribution < 1.29 is 14.4 Å². The molecular weight excluding hydrogens is 306 g/mol. The number of carbonyl (C=O) groups is 3. The monoisotopic (exact) mass is 325 g/mol. The van der Waals surface area contributed by atoms with Crippen LogP contribution < -0.4 is 16.0 Å². The molecule has 0 radical (unpaired) electrons. The van der Waals surface area contributed by atoms with Crippen molar-refractivity contribution in [2.75, 3.05) is 6.54 Å². The van der Waals surface area contributed by atoms with Crippen LogP contribution in [0.15, 0.2) is 24.3 Å². The first-order chi connectivity index (χ1) is 10.3. The quantitative estimate of drug-likeness (QED) is 0.732. The van der Waals surface area contributed by atoms with E-state index in [0.717, 1.165) is 0 Å². The topological polar surface area (TPSA) is 87.3 Å². The van der Waals surface area contributed by atoms with Gasteiger partial charge in [-0.1, -0.05) is 23.7 Å². The second-order valence-electron chi connectivity index (χ2n) is 5.12. The summed E-state index contributed by atoms with van der Waals surface area (Å²) in [4.78, 5) is 35.3. The summed E-state index contributed by atoms with van der Waals surface area (Å²) in [7, 11) is 0. The molecule has 0 aliphatic carbocycles. The van der Waals surface area contributed by atoms with Crippen LogP contribution in [-0.4, -0.2) is 36.3 Å². The minimum absolute atomic E-state index is 0.00162. The summed E-state index contributed by atoms with van der Waals surface area (Å²) in [5, 5.41) is 7.96. The van der Waals surface area contributed by atoms with Gasteiger partial charge in [0.2, 0.25) is 11.8 Å². The Morgan fingerprint density at radius 1 is 1.09 bits per heavy atom. The van der Waals surface area contributed by atoms with Gasteiger partial charge in [-0.3, -0.25) is 14.4 Å². The van der Waals surface area contributed by atoms with Crippen LogP contribution in [0.25, 0.3) is 0 Å². The molecule has 0 saturated heterocycles. The molecule has 0 fully saturated rings. The molecule has 0 spiro atoms. The number of nitrogens with one attached hydrogen (secondary N) is 3. The van der Waals surface area contributed by atoms with Gasteiger partial charge in [-0.05, 0) is 32.9 Å². The average Bonchev–Trinajstić information content (AvgIpc) is 2.44. The van der Waals surface area contributed by atoms with Crippen LogP contribution in [0.3, 0.4) is 0 Å². The fourth-order valence-electron chi connectivity index (χ4n) is 1.68. The standard InChI is InChI=1S/C15H20ClN3O3/c1-9(2)18-13(20)8-17-14(21)10(3)19-15(22)11-6-4-5-7-12(11)16/h4-7,9-10H,8H2,1-3H3,(H,17,21)(H,18,20)(H,19,22). The number of hydrogen-bond donors (Lipinski definition) is 3. The highest BCUT2D eigenvalue weighted by Gasteiger charge is 2.18. The molecule has 3 amide bonds. The normalized spacial score (nSPS) is 11.7. The van der Waals surface area contributed by atoms with Crippen molar-refractivity contribution in [3.05, 3.63) is 34.9 Å². The van der Waals surface area contributed by atoms with Gasteiger partial charge in [-0.15, -0.1) is 0 Å². The van der Waals surface area contributed by atoms with Gasteiger partial charge in [0.25, 0.3) is 5.91 Å². The van der Waals surface area contributed by atoms with Crippen molar-refractivity contribution in [2.24, 2.45) is 0 Å². The summed E-state index contributed by atoms with van der Waals surface area (Å²) >= 11 is 5.92. The number of halogens is 1. The highest BCUT2D eigenvalue weighted by Crippen LogP contribution is 2.14. The molecule has 0 aromatic heterocycles. The second kappa shape index (κ2) is 8.38. The van der Waals surface area contributed by atoms with Gasteiger partial charge in [0, 0.05) is 6.04 Å². The lowest BCUT2D eigenvalue weighted by Gasteiger charge is -2.15. The fraction of sp³-hybridized carbons (Fsp3) is 0.400. The SMILES string of the molecule is CC(C)NC(=O)CNC(=O)C(C)NC(=O)c1ccccc1Cl. The van der Waals surface area contributed by atoms with E-state index in [1.54, 1.807) is 24.3 Å². The van der Waals surface area contributed by atoms with E-state index >= 15 is 0 Å². The number of amides is 3. The maximum absolute atomic E-state index is 12.0. The smallest absolute Gasteiger partial charge is 0.253 e. The first-order valence-corrected chi connectivity index (χ1v) is 7.31. The Hall–Kier alpha value is -2.08. The molecule has 3 N–H and O–H groups in total. The van der Waals surface area contributed by atoms with E-state index in [1.807, 2.05) is 13.8 Å².